The fourth-order valence-electron chi connectivity index (χ4n) is 0.945. The Bertz CT molecular complexity index is 353. The molecule has 0 radical (unpaired) electrons. The third-order valence-electron chi connectivity index (χ3n) is 1.76. The molecule has 15 heavy (non-hydrogen) atoms. The summed E-state index contributed by atoms with van der Waals surface area (Å²) in [6, 6.07) is 2.06. The second kappa shape index (κ2) is 5.06. The normalized spacial score (nSPS) is 11.8. The number of aliphatic hydroxyl groups is 1. The predicted molar refractivity (Wildman–Crippen MR) is 51.8 cm³/mol. The van der Waals surface area contributed by atoms with Crippen molar-refractivity contribution in [2.75, 3.05) is 6.61 Å². The van der Waals surface area contributed by atoms with Gasteiger partial charge in [0.05, 0.1) is 12.2 Å². The van der Waals surface area contributed by atoms with Gasteiger partial charge in [-0.25, -0.2) is 0 Å². The highest BCUT2D eigenvalue weighted by molar-refractivity contribution is 5.97. The summed E-state index contributed by atoms with van der Waals surface area (Å²) in [6.07, 6.45) is 2.87. The van der Waals surface area contributed by atoms with Gasteiger partial charge in [0, 0.05) is 12.4 Å². The number of aromatic nitrogens is 1. The Morgan fingerprint density at radius 1 is 1.60 bits per heavy atom. The second-order valence-electron chi connectivity index (χ2n) is 2.85. The van der Waals surface area contributed by atoms with Gasteiger partial charge in [0.1, 0.15) is 6.04 Å². The van der Waals surface area contributed by atoms with Crippen molar-refractivity contribution in [1.82, 2.24) is 10.3 Å². The molecular weight excluding hydrogens is 198 g/mol. The summed E-state index contributed by atoms with van der Waals surface area (Å²) < 4.78 is 0. The molecule has 0 aliphatic carbocycles. The van der Waals surface area contributed by atoms with Crippen molar-refractivity contribution < 1.29 is 14.7 Å². The van der Waals surface area contributed by atoms with Gasteiger partial charge < -0.3 is 16.2 Å². The van der Waals surface area contributed by atoms with Gasteiger partial charge >= 0.3 is 0 Å². The van der Waals surface area contributed by atoms with E-state index >= 15 is 0 Å². The molecule has 1 unspecified atom stereocenters. The third-order valence-corrected chi connectivity index (χ3v) is 1.76. The molecule has 4 N–H and O–H groups in total. The number of rotatable bonds is 4. The van der Waals surface area contributed by atoms with Gasteiger partial charge in [-0.2, -0.15) is 0 Å². The van der Waals surface area contributed by atoms with Gasteiger partial charge in [-0.05, 0) is 12.1 Å². The number of amides is 2. The molecule has 0 spiro atoms. The van der Waals surface area contributed by atoms with Crippen LogP contribution in [0.2, 0.25) is 0 Å². The van der Waals surface area contributed by atoms with Gasteiger partial charge in [0.25, 0.3) is 5.91 Å². The highest BCUT2D eigenvalue weighted by atomic mass is 16.3. The van der Waals surface area contributed by atoms with Crippen molar-refractivity contribution in [1.29, 1.82) is 0 Å². The van der Waals surface area contributed by atoms with Crippen LogP contribution in [0.15, 0.2) is 24.5 Å². The minimum Gasteiger partial charge on any atom is -0.394 e. The van der Waals surface area contributed by atoms with Crippen LogP contribution in [0.1, 0.15) is 10.4 Å². The SMILES string of the molecule is NC(=O)C(CO)NC(=O)c1cccnc1. The Balaban J connectivity index is 2.67. The summed E-state index contributed by atoms with van der Waals surface area (Å²) in [6.45, 7) is -0.526. The molecule has 1 atom stereocenters. The number of hydrogen-bond acceptors (Lipinski definition) is 4. The first-order chi connectivity index (χ1) is 7.15. The van der Waals surface area contributed by atoms with Crippen LogP contribution in [0.4, 0.5) is 0 Å². The van der Waals surface area contributed by atoms with Crippen LogP contribution in [0.25, 0.3) is 0 Å². The molecule has 1 rings (SSSR count). The van der Waals surface area contributed by atoms with Crippen LogP contribution in [-0.2, 0) is 4.79 Å². The maximum absolute atomic E-state index is 11.4. The second-order valence-corrected chi connectivity index (χ2v) is 2.85. The maximum atomic E-state index is 11.4. The van der Waals surface area contributed by atoms with E-state index in [9.17, 15) is 9.59 Å². The molecule has 0 bridgehead atoms. The van der Waals surface area contributed by atoms with Crippen LogP contribution in [0.5, 0.6) is 0 Å². The average molecular weight is 209 g/mol. The largest absolute Gasteiger partial charge is 0.394 e. The topological polar surface area (TPSA) is 105 Å². The first-order valence-corrected chi connectivity index (χ1v) is 4.26. The van der Waals surface area contributed by atoms with Crippen LogP contribution in [-0.4, -0.2) is 34.6 Å². The number of nitrogens with zero attached hydrogens (tertiary/aromatic N) is 1. The molecule has 2 amide bonds. The molecule has 1 aromatic heterocycles. The van der Waals surface area contributed by atoms with E-state index in [4.69, 9.17) is 10.8 Å². The smallest absolute Gasteiger partial charge is 0.253 e. The van der Waals surface area contributed by atoms with Crippen molar-refractivity contribution in [2.45, 2.75) is 6.04 Å². The lowest BCUT2D eigenvalue weighted by Crippen LogP contribution is -2.46. The quantitative estimate of drug-likeness (QED) is 0.570. The van der Waals surface area contributed by atoms with Crippen LogP contribution in [0.3, 0.4) is 0 Å². The molecule has 0 fully saturated rings. The van der Waals surface area contributed by atoms with E-state index in [1.807, 2.05) is 0 Å². The van der Waals surface area contributed by atoms with Crippen LogP contribution >= 0.6 is 0 Å². The summed E-state index contributed by atoms with van der Waals surface area (Å²) in [5, 5.41) is 11.0. The van der Waals surface area contributed by atoms with Gasteiger partial charge in [0.2, 0.25) is 5.91 Å². The molecule has 6 heteroatoms. The monoisotopic (exact) mass is 209 g/mol. The first-order valence-electron chi connectivity index (χ1n) is 4.26. The number of carbonyl (C=O) groups is 2. The minimum atomic E-state index is -1.07. The molecule has 0 aromatic carbocycles. The first kappa shape index (κ1) is 11.1. The Labute approximate surface area is 86.1 Å². The van der Waals surface area contributed by atoms with E-state index in [1.54, 1.807) is 6.07 Å². The summed E-state index contributed by atoms with van der Waals surface area (Å²) in [5.41, 5.74) is 5.25. The lowest BCUT2D eigenvalue weighted by molar-refractivity contribution is -0.120. The van der Waals surface area contributed by atoms with E-state index in [0.717, 1.165) is 0 Å². The van der Waals surface area contributed by atoms with E-state index in [1.165, 1.54) is 18.5 Å². The van der Waals surface area contributed by atoms with E-state index in [-0.39, 0.29) is 0 Å². The standard InChI is InChI=1S/C9H11N3O3/c10-8(14)7(5-13)12-9(15)6-2-1-3-11-4-6/h1-4,7,13H,5H2,(H2,10,14)(H,12,15). The highest BCUT2D eigenvalue weighted by Crippen LogP contribution is 1.96. The molecule has 0 saturated heterocycles. The zero-order valence-corrected chi connectivity index (χ0v) is 7.88. The summed E-state index contributed by atoms with van der Waals surface area (Å²) >= 11 is 0. The molecule has 0 saturated carbocycles. The van der Waals surface area contributed by atoms with Gasteiger partial charge in [-0.1, -0.05) is 0 Å². The number of carbonyl (C=O) groups excluding carboxylic acids is 2. The lowest BCUT2D eigenvalue weighted by Gasteiger charge is -2.11. The summed E-state index contributed by atoms with van der Waals surface area (Å²) in [4.78, 5) is 25.9. The predicted octanol–water partition coefficient (Wildman–Crippen LogP) is -1.34. The number of aliphatic hydroxyl groups excluding tert-OH is 1. The van der Waals surface area contributed by atoms with Crippen molar-refractivity contribution in [2.24, 2.45) is 5.73 Å². The molecular formula is C9H11N3O3. The number of nitrogens with one attached hydrogen (secondary N) is 1. The molecule has 1 aromatic rings. The molecule has 1 heterocycles. The highest BCUT2D eigenvalue weighted by Gasteiger charge is 2.17. The van der Waals surface area contributed by atoms with Crippen molar-refractivity contribution in [3.05, 3.63) is 30.1 Å². The number of nitrogens with two attached hydrogens (primary N) is 1. The summed E-state index contributed by atoms with van der Waals surface area (Å²) in [7, 11) is 0. The zero-order chi connectivity index (χ0) is 11.3. The Morgan fingerprint density at radius 2 is 2.33 bits per heavy atom. The number of pyridine rings is 1. The molecule has 80 valence electrons. The average Bonchev–Trinajstić information content (AvgIpc) is 2.26. The summed E-state index contributed by atoms with van der Waals surface area (Å²) in [5.74, 6) is -1.28. The van der Waals surface area contributed by atoms with Crippen molar-refractivity contribution in [3.63, 3.8) is 0 Å². The third kappa shape index (κ3) is 3.03. The van der Waals surface area contributed by atoms with E-state index in [2.05, 4.69) is 10.3 Å². The van der Waals surface area contributed by atoms with Gasteiger partial charge in [-0.3, -0.25) is 14.6 Å². The molecule has 0 aliphatic rings. The Hall–Kier alpha value is -1.95. The van der Waals surface area contributed by atoms with Crippen LogP contribution < -0.4 is 11.1 Å². The fraction of sp³-hybridized carbons (Fsp3) is 0.222. The Kier molecular flexibility index (Phi) is 3.75. The van der Waals surface area contributed by atoms with Crippen molar-refractivity contribution in [3.8, 4) is 0 Å². The Morgan fingerprint density at radius 3 is 2.80 bits per heavy atom. The van der Waals surface area contributed by atoms with E-state index < -0.39 is 24.5 Å². The van der Waals surface area contributed by atoms with Crippen molar-refractivity contribution >= 4 is 11.8 Å². The molecule has 6 nitrogen and oxygen atoms in total. The zero-order valence-electron chi connectivity index (χ0n) is 7.88. The van der Waals surface area contributed by atoms with Crippen LogP contribution in [0, 0.1) is 0 Å². The maximum Gasteiger partial charge on any atom is 0.253 e. The van der Waals surface area contributed by atoms with E-state index in [0.29, 0.717) is 5.56 Å². The fourth-order valence-corrected chi connectivity index (χ4v) is 0.945. The number of primary amides is 1. The van der Waals surface area contributed by atoms with Gasteiger partial charge in [-0.15, -0.1) is 0 Å². The minimum absolute atomic E-state index is 0.303. The van der Waals surface area contributed by atoms with Gasteiger partial charge in [0.15, 0.2) is 0 Å². The lowest BCUT2D eigenvalue weighted by atomic mass is 10.2. The molecule has 0 aliphatic heterocycles. The number of hydrogen-bond donors (Lipinski definition) is 3.